The second-order valence-corrected chi connectivity index (χ2v) is 6.17. The summed E-state index contributed by atoms with van der Waals surface area (Å²) < 4.78 is 5.96. The number of aliphatic imine (C=N–C) groups is 1. The molecule has 2 heterocycles. The van der Waals surface area contributed by atoms with Crippen LogP contribution in [0.1, 0.15) is 36.2 Å². The van der Waals surface area contributed by atoms with Gasteiger partial charge in [-0.25, -0.2) is 0 Å². The van der Waals surface area contributed by atoms with Crippen LogP contribution in [0.2, 0.25) is 0 Å². The molecule has 1 aliphatic rings. The first kappa shape index (κ1) is 14.3. The molecule has 2 unspecified atom stereocenters. The Morgan fingerprint density at radius 3 is 3.00 bits per heavy atom. The van der Waals surface area contributed by atoms with Crippen LogP contribution >= 0.6 is 11.3 Å². The topological polar surface area (TPSA) is 33.6 Å². The van der Waals surface area contributed by atoms with Gasteiger partial charge < -0.3 is 10.1 Å². The van der Waals surface area contributed by atoms with E-state index in [4.69, 9.17) is 4.74 Å². The fraction of sp³-hybridized carbons (Fsp3) is 0.353. The van der Waals surface area contributed by atoms with Crippen molar-refractivity contribution >= 4 is 23.2 Å². The number of hydrogen-bond acceptors (Lipinski definition) is 4. The van der Waals surface area contributed by atoms with Gasteiger partial charge in [-0.2, -0.15) is 0 Å². The molecule has 4 heteroatoms. The summed E-state index contributed by atoms with van der Waals surface area (Å²) in [4.78, 5) is 5.88. The van der Waals surface area contributed by atoms with Gasteiger partial charge in [-0.15, -0.1) is 11.3 Å². The van der Waals surface area contributed by atoms with Crippen molar-refractivity contribution in [1.82, 2.24) is 5.32 Å². The zero-order valence-corrected chi connectivity index (χ0v) is 13.2. The summed E-state index contributed by atoms with van der Waals surface area (Å²) in [6.45, 7) is 2.16. The monoisotopic (exact) mass is 300 g/mol. The van der Waals surface area contributed by atoms with E-state index < -0.39 is 0 Å². The van der Waals surface area contributed by atoms with Gasteiger partial charge in [0.05, 0.1) is 6.04 Å². The lowest BCUT2D eigenvalue weighted by molar-refractivity contribution is 0.256. The lowest BCUT2D eigenvalue weighted by Gasteiger charge is -2.22. The molecule has 110 valence electrons. The summed E-state index contributed by atoms with van der Waals surface area (Å²) in [7, 11) is 1.99. The normalized spacial score (nSPS) is 18.1. The maximum absolute atomic E-state index is 5.96. The Hall–Kier alpha value is -1.65. The molecule has 0 saturated heterocycles. The molecule has 21 heavy (non-hydrogen) atoms. The van der Waals surface area contributed by atoms with Crippen molar-refractivity contribution < 1.29 is 4.74 Å². The third kappa shape index (κ3) is 3.01. The molecular weight excluding hydrogens is 280 g/mol. The first-order valence-corrected chi connectivity index (χ1v) is 8.25. The Morgan fingerprint density at radius 1 is 1.38 bits per heavy atom. The van der Waals surface area contributed by atoms with E-state index in [-0.39, 0.29) is 12.1 Å². The summed E-state index contributed by atoms with van der Waals surface area (Å²) in [6, 6.07) is 10.7. The van der Waals surface area contributed by atoms with Crippen LogP contribution in [-0.4, -0.2) is 19.4 Å². The third-order valence-electron chi connectivity index (χ3n) is 3.66. The first-order valence-electron chi connectivity index (χ1n) is 7.37. The van der Waals surface area contributed by atoms with Crippen LogP contribution in [-0.2, 0) is 0 Å². The number of rotatable bonds is 5. The van der Waals surface area contributed by atoms with Crippen molar-refractivity contribution in [2.24, 2.45) is 4.99 Å². The molecule has 0 saturated carbocycles. The number of nitrogens with one attached hydrogen (secondary N) is 1. The van der Waals surface area contributed by atoms with Crippen LogP contribution in [0.25, 0.3) is 0 Å². The molecule has 0 radical (unpaired) electrons. The molecule has 1 aromatic carbocycles. The number of nitrogens with zero attached hydrogens (tertiary/aromatic N) is 1. The minimum atomic E-state index is 0.116. The summed E-state index contributed by atoms with van der Waals surface area (Å²) in [5.41, 5.74) is 2.14. The number of thiophene rings is 1. The molecule has 0 aliphatic carbocycles. The molecule has 2 aromatic rings. The van der Waals surface area contributed by atoms with Crippen molar-refractivity contribution in [3.8, 4) is 5.75 Å². The second-order valence-electron chi connectivity index (χ2n) is 5.19. The minimum Gasteiger partial charge on any atom is -0.483 e. The Balaban J connectivity index is 1.87. The predicted molar refractivity (Wildman–Crippen MR) is 89.1 cm³/mol. The standard InChI is InChI=1S/C17H20N2OS/c1-3-5-13-11-19-14-10-12(7-8-15(14)20-13)17(18-2)16-6-4-9-21-16/h4,6-11,13,17-18H,3,5H2,1-2H3. The summed E-state index contributed by atoms with van der Waals surface area (Å²) in [5.74, 6) is 0.890. The molecule has 0 spiro atoms. The average molecular weight is 300 g/mol. The zero-order valence-electron chi connectivity index (χ0n) is 12.4. The van der Waals surface area contributed by atoms with Crippen LogP contribution in [0.5, 0.6) is 5.75 Å². The van der Waals surface area contributed by atoms with Gasteiger partial charge in [0.25, 0.3) is 0 Å². The second kappa shape index (κ2) is 6.41. The lowest BCUT2D eigenvalue weighted by atomic mass is 10.0. The summed E-state index contributed by atoms with van der Waals surface area (Å²) >= 11 is 1.76. The van der Waals surface area contributed by atoms with Crippen molar-refractivity contribution in [3.63, 3.8) is 0 Å². The average Bonchev–Trinajstić information content (AvgIpc) is 3.02. The highest BCUT2D eigenvalue weighted by Gasteiger charge is 2.19. The molecule has 1 aromatic heterocycles. The van der Waals surface area contributed by atoms with Crippen molar-refractivity contribution in [2.75, 3.05) is 7.05 Å². The summed E-state index contributed by atoms with van der Waals surface area (Å²) in [5, 5.41) is 5.48. The maximum atomic E-state index is 5.96. The largest absolute Gasteiger partial charge is 0.483 e. The molecule has 3 rings (SSSR count). The molecule has 2 atom stereocenters. The van der Waals surface area contributed by atoms with Gasteiger partial charge in [-0.3, -0.25) is 4.99 Å². The van der Waals surface area contributed by atoms with Crippen LogP contribution in [0.4, 0.5) is 5.69 Å². The van der Waals surface area contributed by atoms with Crippen molar-refractivity contribution in [3.05, 3.63) is 46.2 Å². The maximum Gasteiger partial charge on any atom is 0.145 e. The Labute approximate surface area is 129 Å². The van der Waals surface area contributed by atoms with E-state index in [0.29, 0.717) is 0 Å². The number of hydrogen-bond donors (Lipinski definition) is 1. The van der Waals surface area contributed by atoms with Crippen molar-refractivity contribution in [2.45, 2.75) is 31.9 Å². The minimum absolute atomic E-state index is 0.116. The molecule has 1 aliphatic heterocycles. The highest BCUT2D eigenvalue weighted by atomic mass is 32.1. The van der Waals surface area contributed by atoms with E-state index in [1.807, 2.05) is 19.3 Å². The quantitative estimate of drug-likeness (QED) is 0.892. The Bertz CT molecular complexity index is 622. The number of benzene rings is 1. The van der Waals surface area contributed by atoms with E-state index in [1.165, 1.54) is 10.4 Å². The van der Waals surface area contributed by atoms with Gasteiger partial charge in [0.1, 0.15) is 17.5 Å². The van der Waals surface area contributed by atoms with Crippen LogP contribution in [0.3, 0.4) is 0 Å². The smallest absolute Gasteiger partial charge is 0.145 e. The first-order chi connectivity index (χ1) is 10.3. The van der Waals surface area contributed by atoms with Gasteiger partial charge in [0.2, 0.25) is 0 Å². The molecule has 3 nitrogen and oxygen atoms in total. The molecular formula is C17H20N2OS. The highest BCUT2D eigenvalue weighted by Crippen LogP contribution is 2.36. The van der Waals surface area contributed by atoms with Gasteiger partial charge in [-0.05, 0) is 42.6 Å². The van der Waals surface area contributed by atoms with Gasteiger partial charge in [0, 0.05) is 11.1 Å². The van der Waals surface area contributed by atoms with Crippen LogP contribution in [0.15, 0.2) is 40.7 Å². The van der Waals surface area contributed by atoms with E-state index >= 15 is 0 Å². The molecule has 1 N–H and O–H groups in total. The Kier molecular flexibility index (Phi) is 4.36. The highest BCUT2D eigenvalue weighted by molar-refractivity contribution is 7.10. The SMILES string of the molecule is CCCC1C=Nc2cc(C(NC)c3cccs3)ccc2O1. The third-order valence-corrected chi connectivity index (χ3v) is 4.60. The molecule has 0 fully saturated rings. The van der Waals surface area contributed by atoms with Crippen molar-refractivity contribution in [1.29, 1.82) is 0 Å². The van der Waals surface area contributed by atoms with Crippen LogP contribution < -0.4 is 10.1 Å². The fourth-order valence-electron chi connectivity index (χ4n) is 2.62. The van der Waals surface area contributed by atoms with Gasteiger partial charge in [-0.1, -0.05) is 25.5 Å². The van der Waals surface area contributed by atoms with E-state index in [0.717, 1.165) is 24.3 Å². The number of ether oxygens (including phenoxy) is 1. The lowest BCUT2D eigenvalue weighted by Crippen LogP contribution is -2.21. The molecule has 0 amide bonds. The summed E-state index contributed by atoms with van der Waals surface area (Å²) in [6.07, 6.45) is 4.16. The van der Waals surface area contributed by atoms with Crippen LogP contribution in [0, 0.1) is 0 Å². The van der Waals surface area contributed by atoms with E-state index in [1.54, 1.807) is 11.3 Å². The Morgan fingerprint density at radius 2 is 2.29 bits per heavy atom. The van der Waals surface area contributed by atoms with E-state index in [2.05, 4.69) is 46.9 Å². The molecule has 0 bridgehead atoms. The van der Waals surface area contributed by atoms with Gasteiger partial charge in [0.15, 0.2) is 0 Å². The zero-order chi connectivity index (χ0) is 14.7. The predicted octanol–water partition coefficient (Wildman–Crippen LogP) is 4.32. The fourth-order valence-corrected chi connectivity index (χ4v) is 3.48. The number of fused-ring (bicyclic) bond motifs is 1. The van der Waals surface area contributed by atoms with Gasteiger partial charge >= 0.3 is 0 Å². The van der Waals surface area contributed by atoms with E-state index in [9.17, 15) is 0 Å².